The number of hydrogen-bond acceptors (Lipinski definition) is 6. The first-order chi connectivity index (χ1) is 12.4. The van der Waals surface area contributed by atoms with Crippen molar-refractivity contribution in [2.75, 3.05) is 0 Å². The lowest BCUT2D eigenvalue weighted by atomic mass is 10.2. The van der Waals surface area contributed by atoms with Crippen molar-refractivity contribution in [2.45, 2.75) is 20.1 Å². The molecule has 1 aliphatic rings. The highest BCUT2D eigenvalue weighted by Gasteiger charge is 2.37. The predicted molar refractivity (Wildman–Crippen MR) is 91.5 cm³/mol. The highest BCUT2D eigenvalue weighted by Crippen LogP contribution is 2.31. The minimum Gasteiger partial charge on any atom is -0.451 e. The van der Waals surface area contributed by atoms with E-state index in [0.29, 0.717) is 11.3 Å². The second kappa shape index (κ2) is 5.73. The van der Waals surface area contributed by atoms with Gasteiger partial charge in [-0.3, -0.25) is 14.6 Å². The third-order valence-corrected chi connectivity index (χ3v) is 4.03. The Bertz CT molecular complexity index is 1140. The average Bonchev–Trinajstić information content (AvgIpc) is 3.17. The van der Waals surface area contributed by atoms with Crippen molar-refractivity contribution in [3.63, 3.8) is 0 Å². The molecule has 0 fully saturated rings. The van der Waals surface area contributed by atoms with Gasteiger partial charge in [0.05, 0.1) is 5.56 Å². The molecule has 3 heterocycles. The molecule has 4 rings (SSSR count). The third kappa shape index (κ3) is 2.50. The molecule has 0 spiro atoms. The number of H-pyrrole nitrogens is 2. The van der Waals surface area contributed by atoms with E-state index in [4.69, 9.17) is 9.15 Å². The first-order valence-electron chi connectivity index (χ1n) is 7.81. The van der Waals surface area contributed by atoms with Gasteiger partial charge in [-0.15, -0.1) is 5.10 Å². The van der Waals surface area contributed by atoms with Gasteiger partial charge in [-0.25, -0.2) is 4.79 Å². The lowest BCUT2D eigenvalue weighted by Crippen LogP contribution is -2.34. The normalized spacial score (nSPS) is 16.6. The van der Waals surface area contributed by atoms with Crippen molar-refractivity contribution < 1.29 is 13.9 Å². The monoisotopic (exact) mass is 354 g/mol. The number of nitrogens with one attached hydrogen (secondary N) is 2. The van der Waals surface area contributed by atoms with Gasteiger partial charge in [0.2, 0.25) is 12.1 Å². The Morgan fingerprint density at radius 2 is 2.00 bits per heavy atom. The Hall–Kier alpha value is -3.62. The van der Waals surface area contributed by atoms with Crippen LogP contribution in [0.25, 0.3) is 11.0 Å². The highest BCUT2D eigenvalue weighted by molar-refractivity contribution is 5.97. The van der Waals surface area contributed by atoms with Gasteiger partial charge in [0.1, 0.15) is 5.58 Å². The summed E-state index contributed by atoms with van der Waals surface area (Å²) in [5.74, 6) is -0.0176. The number of para-hydroxylation sites is 1. The van der Waals surface area contributed by atoms with Crippen molar-refractivity contribution in [1.29, 1.82) is 0 Å². The van der Waals surface area contributed by atoms with Crippen LogP contribution in [0, 0.1) is 6.92 Å². The van der Waals surface area contributed by atoms with Crippen molar-refractivity contribution in [3.05, 3.63) is 68.2 Å². The van der Waals surface area contributed by atoms with Crippen LogP contribution in [0.15, 0.2) is 49.4 Å². The van der Waals surface area contributed by atoms with E-state index >= 15 is 0 Å². The lowest BCUT2D eigenvalue weighted by molar-refractivity contribution is -0.135. The van der Waals surface area contributed by atoms with E-state index in [1.807, 2.05) is 18.2 Å². The van der Waals surface area contributed by atoms with Crippen molar-refractivity contribution in [1.82, 2.24) is 15.0 Å². The summed E-state index contributed by atoms with van der Waals surface area (Å²) in [5.41, 5.74) is -0.263. The molecule has 9 nitrogen and oxygen atoms in total. The minimum atomic E-state index is -1.10. The van der Waals surface area contributed by atoms with Gasteiger partial charge in [0.25, 0.3) is 11.5 Å². The number of hydrazone groups is 1. The van der Waals surface area contributed by atoms with Crippen LogP contribution in [-0.2, 0) is 9.53 Å². The maximum absolute atomic E-state index is 12.2. The molecule has 1 aliphatic heterocycles. The largest absolute Gasteiger partial charge is 0.451 e. The average molecular weight is 354 g/mol. The second-order valence-electron chi connectivity index (χ2n) is 5.83. The smallest absolute Gasteiger partial charge is 0.325 e. The van der Waals surface area contributed by atoms with Gasteiger partial charge < -0.3 is 14.1 Å². The lowest BCUT2D eigenvalue weighted by Gasteiger charge is -2.19. The summed E-state index contributed by atoms with van der Waals surface area (Å²) in [4.78, 5) is 40.2. The number of amides is 1. The van der Waals surface area contributed by atoms with E-state index in [1.165, 1.54) is 6.92 Å². The van der Waals surface area contributed by atoms with Crippen molar-refractivity contribution in [3.8, 4) is 0 Å². The van der Waals surface area contributed by atoms with E-state index in [2.05, 4.69) is 15.1 Å². The number of aryl methyl sites for hydroxylation is 1. The number of furan rings is 1. The fourth-order valence-electron chi connectivity index (χ4n) is 2.85. The molecule has 3 aromatic rings. The molecule has 1 unspecified atom stereocenters. The van der Waals surface area contributed by atoms with Crippen LogP contribution in [-0.4, -0.2) is 26.8 Å². The number of carbonyl (C=O) groups excluding carboxylic acids is 1. The molecule has 0 saturated carbocycles. The molecule has 1 aromatic carbocycles. The molecule has 0 aliphatic carbocycles. The Kier molecular flexibility index (Phi) is 3.50. The van der Waals surface area contributed by atoms with Gasteiger partial charge in [0, 0.05) is 18.0 Å². The zero-order valence-electron chi connectivity index (χ0n) is 13.9. The quantitative estimate of drug-likeness (QED) is 0.720. The highest BCUT2D eigenvalue weighted by atomic mass is 16.5. The van der Waals surface area contributed by atoms with Gasteiger partial charge >= 0.3 is 5.69 Å². The predicted octanol–water partition coefficient (Wildman–Crippen LogP) is 1.36. The molecule has 0 saturated heterocycles. The molecule has 0 radical (unpaired) electrons. The molecular formula is C17H14N4O5. The van der Waals surface area contributed by atoms with Crippen LogP contribution >= 0.6 is 0 Å². The summed E-state index contributed by atoms with van der Waals surface area (Å²) in [6, 6.07) is 9.10. The fraction of sp³-hybridized carbons (Fsp3) is 0.176. The molecule has 0 bridgehead atoms. The van der Waals surface area contributed by atoms with E-state index < -0.39 is 23.4 Å². The van der Waals surface area contributed by atoms with Crippen LogP contribution < -0.4 is 11.2 Å². The molecule has 2 N–H and O–H groups in total. The SMILES string of the molecule is CC(=O)N1N=C(c2cc3ccccc3o2)OC1c1c(C)[nH]c(=O)[nH]c1=O. The molecule has 9 heteroatoms. The fourth-order valence-corrected chi connectivity index (χ4v) is 2.85. The van der Waals surface area contributed by atoms with Crippen LogP contribution in [0.2, 0.25) is 0 Å². The van der Waals surface area contributed by atoms with Gasteiger partial charge in [0.15, 0.2) is 5.76 Å². The molecule has 2 aromatic heterocycles. The number of rotatable bonds is 2. The number of carbonyl (C=O) groups is 1. The Balaban J connectivity index is 1.79. The van der Waals surface area contributed by atoms with Gasteiger partial charge in [-0.2, -0.15) is 5.01 Å². The Labute approximate surface area is 145 Å². The summed E-state index contributed by atoms with van der Waals surface area (Å²) in [7, 11) is 0. The number of hydrogen-bond donors (Lipinski definition) is 2. The number of fused-ring (bicyclic) bond motifs is 1. The molecule has 132 valence electrons. The van der Waals surface area contributed by atoms with Crippen LogP contribution in [0.5, 0.6) is 0 Å². The van der Waals surface area contributed by atoms with Crippen molar-refractivity contribution in [2.24, 2.45) is 5.10 Å². The van der Waals surface area contributed by atoms with Crippen LogP contribution in [0.3, 0.4) is 0 Å². The third-order valence-electron chi connectivity index (χ3n) is 4.03. The van der Waals surface area contributed by atoms with Crippen LogP contribution in [0.1, 0.15) is 30.2 Å². The van der Waals surface area contributed by atoms with Crippen molar-refractivity contribution >= 4 is 22.8 Å². The summed E-state index contributed by atoms with van der Waals surface area (Å²) in [5, 5.41) is 6.05. The number of ether oxygens (including phenoxy) is 1. The zero-order chi connectivity index (χ0) is 18.4. The number of nitrogens with zero attached hydrogens (tertiary/aromatic N) is 2. The molecule has 26 heavy (non-hydrogen) atoms. The van der Waals surface area contributed by atoms with E-state index in [-0.39, 0.29) is 17.2 Å². The van der Waals surface area contributed by atoms with Gasteiger partial charge in [-0.05, 0) is 19.1 Å². The number of benzene rings is 1. The maximum atomic E-state index is 12.2. The summed E-state index contributed by atoms with van der Waals surface area (Å²) in [6.45, 7) is 2.85. The Morgan fingerprint density at radius 1 is 1.23 bits per heavy atom. The minimum absolute atomic E-state index is 0.0754. The van der Waals surface area contributed by atoms with Crippen LogP contribution in [0.4, 0.5) is 0 Å². The topological polar surface area (TPSA) is 121 Å². The van der Waals surface area contributed by atoms with Gasteiger partial charge in [-0.1, -0.05) is 18.2 Å². The second-order valence-corrected chi connectivity index (χ2v) is 5.83. The Morgan fingerprint density at radius 3 is 2.69 bits per heavy atom. The molecule has 1 atom stereocenters. The number of aromatic nitrogens is 2. The van der Waals surface area contributed by atoms with E-state index in [0.717, 1.165) is 10.4 Å². The summed E-state index contributed by atoms with van der Waals surface area (Å²) < 4.78 is 11.5. The first kappa shape index (κ1) is 15.9. The number of aromatic amines is 2. The van der Waals surface area contributed by atoms with E-state index in [1.54, 1.807) is 19.1 Å². The summed E-state index contributed by atoms with van der Waals surface area (Å²) in [6.07, 6.45) is -1.10. The zero-order valence-corrected chi connectivity index (χ0v) is 13.9. The molecular weight excluding hydrogens is 340 g/mol. The van der Waals surface area contributed by atoms with E-state index in [9.17, 15) is 14.4 Å². The maximum Gasteiger partial charge on any atom is 0.325 e. The first-order valence-corrected chi connectivity index (χ1v) is 7.81. The standard InChI is InChI=1S/C17H14N4O5/c1-8-13(14(23)19-17(24)18-8)16-21(9(2)22)20-15(26-16)12-7-10-5-3-4-6-11(10)25-12/h3-7,16H,1-2H3,(H2,18,19,23,24). The molecule has 1 amide bonds. The summed E-state index contributed by atoms with van der Waals surface area (Å²) >= 11 is 0.